The Hall–Kier alpha value is -2.64. The van der Waals surface area contributed by atoms with E-state index in [1.54, 1.807) is 0 Å². The molecule has 3 atom stereocenters. The molecule has 1 aliphatic rings. The van der Waals surface area contributed by atoms with Crippen LogP contribution in [0.5, 0.6) is 5.75 Å². The lowest BCUT2D eigenvalue weighted by Gasteiger charge is -2.32. The van der Waals surface area contributed by atoms with Crippen molar-refractivity contribution in [3.63, 3.8) is 0 Å². The first-order chi connectivity index (χ1) is 15.5. The van der Waals surface area contributed by atoms with E-state index in [-0.39, 0.29) is 25.1 Å². The van der Waals surface area contributed by atoms with Crippen LogP contribution in [0.2, 0.25) is 0 Å². The van der Waals surface area contributed by atoms with Crippen LogP contribution in [-0.4, -0.2) is 50.0 Å². The Labute approximate surface area is 189 Å². The molecule has 3 N–H and O–H groups in total. The number of hydrogen-bond donors (Lipinski definition) is 3. The molecular weight excluding hydrogens is 409 g/mol. The Morgan fingerprint density at radius 3 is 2.66 bits per heavy atom. The predicted molar refractivity (Wildman–Crippen MR) is 124 cm³/mol. The first kappa shape index (κ1) is 24.0. The summed E-state index contributed by atoms with van der Waals surface area (Å²) >= 11 is 0. The molecule has 0 amide bonds. The van der Waals surface area contributed by atoms with E-state index in [9.17, 15) is 9.50 Å². The molecular formula is C25H34FN3O3. The van der Waals surface area contributed by atoms with Crippen LogP contribution >= 0.6 is 0 Å². The van der Waals surface area contributed by atoms with Gasteiger partial charge in [0.05, 0.1) is 12.6 Å². The quantitative estimate of drug-likeness (QED) is 0.408. The van der Waals surface area contributed by atoms with Gasteiger partial charge in [-0.2, -0.15) is 0 Å². The van der Waals surface area contributed by atoms with E-state index in [0.717, 1.165) is 32.5 Å². The third-order valence-electron chi connectivity index (χ3n) is 5.44. The van der Waals surface area contributed by atoms with Gasteiger partial charge in [-0.3, -0.25) is 4.99 Å². The fraction of sp³-hybridized carbons (Fsp3) is 0.480. The number of aryl methyl sites for hydroxylation is 1. The number of nitrogens with one attached hydrogen (secondary N) is 2. The van der Waals surface area contributed by atoms with E-state index in [1.165, 1.54) is 35.4 Å². The van der Waals surface area contributed by atoms with Crippen LogP contribution in [0.1, 0.15) is 37.0 Å². The first-order valence-electron chi connectivity index (χ1n) is 11.3. The van der Waals surface area contributed by atoms with Gasteiger partial charge in [-0.05, 0) is 56.5 Å². The minimum absolute atomic E-state index is 0.0643. The van der Waals surface area contributed by atoms with Gasteiger partial charge in [-0.25, -0.2) is 4.39 Å². The lowest BCUT2D eigenvalue weighted by atomic mass is 9.89. The summed E-state index contributed by atoms with van der Waals surface area (Å²) in [7, 11) is 0. The third-order valence-corrected chi connectivity index (χ3v) is 5.44. The zero-order valence-corrected chi connectivity index (χ0v) is 18.9. The van der Waals surface area contributed by atoms with Crippen molar-refractivity contribution < 1.29 is 19.0 Å². The summed E-state index contributed by atoms with van der Waals surface area (Å²) in [6, 6.07) is 14.3. The summed E-state index contributed by atoms with van der Waals surface area (Å²) in [5.74, 6) is 1.18. The van der Waals surface area contributed by atoms with Gasteiger partial charge in [-0.15, -0.1) is 0 Å². The van der Waals surface area contributed by atoms with Crippen LogP contribution in [0.4, 0.5) is 4.39 Å². The molecule has 0 aliphatic carbocycles. The van der Waals surface area contributed by atoms with Gasteiger partial charge in [0.25, 0.3) is 0 Å². The molecule has 0 radical (unpaired) electrons. The highest BCUT2D eigenvalue weighted by atomic mass is 19.1. The number of guanidine groups is 1. The minimum atomic E-state index is -0.770. The average molecular weight is 444 g/mol. The smallest absolute Gasteiger partial charge is 0.191 e. The van der Waals surface area contributed by atoms with Crippen molar-refractivity contribution in [3.05, 3.63) is 65.5 Å². The Morgan fingerprint density at radius 2 is 1.94 bits per heavy atom. The van der Waals surface area contributed by atoms with Gasteiger partial charge in [0.1, 0.15) is 24.3 Å². The largest absolute Gasteiger partial charge is 0.491 e. The first-order valence-corrected chi connectivity index (χ1v) is 11.3. The number of aliphatic hydroxyl groups excluding tert-OH is 1. The predicted octanol–water partition coefficient (Wildman–Crippen LogP) is 3.60. The minimum Gasteiger partial charge on any atom is -0.491 e. The fourth-order valence-corrected chi connectivity index (χ4v) is 3.72. The molecule has 0 saturated carbocycles. The molecule has 0 bridgehead atoms. The lowest BCUT2D eigenvalue weighted by Crippen LogP contribution is -2.42. The number of rotatable bonds is 9. The van der Waals surface area contributed by atoms with Crippen LogP contribution in [0.3, 0.4) is 0 Å². The van der Waals surface area contributed by atoms with Gasteiger partial charge in [0.2, 0.25) is 0 Å². The fourth-order valence-electron chi connectivity index (χ4n) is 3.72. The number of nitrogens with zero attached hydrogens (tertiary/aromatic N) is 1. The Balaban J connectivity index is 1.52. The molecule has 3 unspecified atom stereocenters. The molecule has 1 fully saturated rings. The molecule has 174 valence electrons. The summed E-state index contributed by atoms with van der Waals surface area (Å²) in [5, 5.41) is 16.9. The van der Waals surface area contributed by atoms with Gasteiger partial charge in [0.15, 0.2) is 5.96 Å². The standard InChI is InChI=1S/C25H34FN3O3/c1-3-27-25(29-16-22(30)17-32-23-12-10-21(26)11-13-23)28-15-20-5-4-14-31-24(20)19-8-6-18(2)7-9-19/h6-13,20,22,24,30H,3-5,14-17H2,1-2H3,(H2,27,28,29). The lowest BCUT2D eigenvalue weighted by molar-refractivity contribution is -0.0265. The Bertz CT molecular complexity index is 843. The highest BCUT2D eigenvalue weighted by molar-refractivity contribution is 5.79. The molecule has 1 heterocycles. The highest BCUT2D eigenvalue weighted by Gasteiger charge is 2.27. The molecule has 32 heavy (non-hydrogen) atoms. The monoisotopic (exact) mass is 443 g/mol. The second-order valence-corrected chi connectivity index (χ2v) is 8.12. The maximum absolute atomic E-state index is 13.0. The Kier molecular flexibility index (Phi) is 9.31. The number of aliphatic hydroxyl groups is 1. The third kappa shape index (κ3) is 7.50. The molecule has 7 heteroatoms. The molecule has 1 aliphatic heterocycles. The van der Waals surface area contributed by atoms with E-state index in [2.05, 4.69) is 46.8 Å². The van der Waals surface area contributed by atoms with E-state index in [0.29, 0.717) is 17.6 Å². The number of benzene rings is 2. The van der Waals surface area contributed by atoms with Crippen LogP contribution in [0.25, 0.3) is 0 Å². The molecule has 0 aromatic heterocycles. The van der Waals surface area contributed by atoms with Crippen molar-refractivity contribution >= 4 is 5.96 Å². The second kappa shape index (κ2) is 12.4. The maximum Gasteiger partial charge on any atom is 0.191 e. The van der Waals surface area contributed by atoms with Crippen molar-refractivity contribution in [2.24, 2.45) is 10.9 Å². The van der Waals surface area contributed by atoms with Crippen LogP contribution in [0.15, 0.2) is 53.5 Å². The van der Waals surface area contributed by atoms with E-state index in [1.807, 2.05) is 6.92 Å². The molecule has 2 aromatic carbocycles. The van der Waals surface area contributed by atoms with Crippen LogP contribution < -0.4 is 15.4 Å². The van der Waals surface area contributed by atoms with Crippen molar-refractivity contribution in [1.29, 1.82) is 0 Å². The number of halogens is 1. The molecule has 2 aromatic rings. The zero-order chi connectivity index (χ0) is 22.8. The Morgan fingerprint density at radius 1 is 1.19 bits per heavy atom. The SMILES string of the molecule is CCNC(=NCC(O)COc1ccc(F)cc1)NCC1CCCOC1c1ccc(C)cc1. The summed E-state index contributed by atoms with van der Waals surface area (Å²) in [5.41, 5.74) is 2.44. The second-order valence-electron chi connectivity index (χ2n) is 8.12. The number of aliphatic imine (C=N–C) groups is 1. The van der Waals surface area contributed by atoms with Crippen LogP contribution in [-0.2, 0) is 4.74 Å². The number of ether oxygens (including phenoxy) is 2. The highest BCUT2D eigenvalue weighted by Crippen LogP contribution is 2.33. The van der Waals surface area contributed by atoms with Crippen molar-refractivity contribution in [1.82, 2.24) is 10.6 Å². The van der Waals surface area contributed by atoms with E-state index in [4.69, 9.17) is 9.47 Å². The van der Waals surface area contributed by atoms with Crippen LogP contribution in [0, 0.1) is 18.7 Å². The molecule has 0 spiro atoms. The van der Waals surface area contributed by atoms with E-state index < -0.39 is 6.10 Å². The zero-order valence-electron chi connectivity index (χ0n) is 18.9. The summed E-state index contributed by atoms with van der Waals surface area (Å²) < 4.78 is 24.6. The van der Waals surface area contributed by atoms with Gasteiger partial charge >= 0.3 is 0 Å². The van der Waals surface area contributed by atoms with Crippen molar-refractivity contribution in [3.8, 4) is 5.75 Å². The van der Waals surface area contributed by atoms with Crippen molar-refractivity contribution in [2.45, 2.75) is 38.9 Å². The van der Waals surface area contributed by atoms with Gasteiger partial charge < -0.3 is 25.2 Å². The summed E-state index contributed by atoms with van der Waals surface area (Å²) in [6.07, 6.45) is 1.42. The maximum atomic E-state index is 13.0. The van der Waals surface area contributed by atoms with E-state index >= 15 is 0 Å². The topological polar surface area (TPSA) is 75.1 Å². The van der Waals surface area contributed by atoms with Gasteiger partial charge in [0, 0.05) is 25.6 Å². The van der Waals surface area contributed by atoms with Crippen molar-refractivity contribution in [2.75, 3.05) is 32.8 Å². The average Bonchev–Trinajstić information content (AvgIpc) is 2.81. The summed E-state index contributed by atoms with van der Waals surface area (Å²) in [4.78, 5) is 4.50. The summed E-state index contributed by atoms with van der Waals surface area (Å²) in [6.45, 7) is 6.60. The normalized spacial score (nSPS) is 19.9. The van der Waals surface area contributed by atoms with Gasteiger partial charge in [-0.1, -0.05) is 29.8 Å². The molecule has 3 rings (SSSR count). The molecule has 1 saturated heterocycles. The number of hydrogen-bond acceptors (Lipinski definition) is 4. The molecule has 6 nitrogen and oxygen atoms in total.